The number of carbonyl (C=O) groups is 1. The number of nitrogen functional groups attached to an aromatic ring is 1. The van der Waals surface area contributed by atoms with E-state index in [9.17, 15) is 4.79 Å². The zero-order valence-corrected chi connectivity index (χ0v) is 16.0. The molecule has 3 N–H and O–H groups in total. The number of carbonyl (C=O) groups excluding carboxylic acids is 1. The summed E-state index contributed by atoms with van der Waals surface area (Å²) in [6.07, 6.45) is 0. The second kappa shape index (κ2) is 7.60. The molecule has 0 fully saturated rings. The first kappa shape index (κ1) is 18.4. The van der Waals surface area contributed by atoms with Crippen LogP contribution in [0.5, 0.6) is 0 Å². The van der Waals surface area contributed by atoms with Crippen molar-refractivity contribution in [2.75, 3.05) is 12.8 Å². The number of fused-ring (bicyclic) bond motifs is 1. The molecular weight excluding hydrogens is 360 g/mol. The molecule has 0 aliphatic carbocycles. The van der Waals surface area contributed by atoms with Gasteiger partial charge in [-0.3, -0.25) is 5.41 Å². The first-order valence-electron chi connectivity index (χ1n) is 9.24. The Morgan fingerprint density at radius 1 is 0.793 bits per heavy atom. The maximum Gasteiger partial charge on any atom is 0.337 e. The molecule has 0 bridgehead atoms. The number of esters is 1. The molecule has 0 unspecified atom stereocenters. The SMILES string of the molecule is COC(=O)c1ccc2cc(N)c(-c3ccccc3C(=N)c3ccccc3)cc2c1. The summed E-state index contributed by atoms with van der Waals surface area (Å²) in [6, 6.07) is 26.6. The van der Waals surface area contributed by atoms with E-state index < -0.39 is 0 Å². The van der Waals surface area contributed by atoms with Crippen molar-refractivity contribution in [3.05, 3.63) is 102 Å². The molecule has 0 heterocycles. The Morgan fingerprint density at radius 3 is 2.28 bits per heavy atom. The topological polar surface area (TPSA) is 76.2 Å². The predicted molar refractivity (Wildman–Crippen MR) is 118 cm³/mol. The summed E-state index contributed by atoms with van der Waals surface area (Å²) in [6.45, 7) is 0. The summed E-state index contributed by atoms with van der Waals surface area (Å²) in [5.74, 6) is -0.378. The summed E-state index contributed by atoms with van der Waals surface area (Å²) in [7, 11) is 1.37. The van der Waals surface area contributed by atoms with Crippen molar-refractivity contribution in [3.8, 4) is 11.1 Å². The summed E-state index contributed by atoms with van der Waals surface area (Å²) in [5, 5.41) is 10.5. The lowest BCUT2D eigenvalue weighted by molar-refractivity contribution is 0.0601. The first-order chi connectivity index (χ1) is 14.1. The Bertz CT molecular complexity index is 1230. The highest BCUT2D eigenvalue weighted by atomic mass is 16.5. The van der Waals surface area contributed by atoms with Crippen LogP contribution in [0.4, 0.5) is 5.69 Å². The molecule has 4 aromatic rings. The first-order valence-corrected chi connectivity index (χ1v) is 9.24. The number of rotatable bonds is 4. The Morgan fingerprint density at radius 2 is 1.52 bits per heavy atom. The van der Waals surface area contributed by atoms with Gasteiger partial charge in [0.15, 0.2) is 0 Å². The lowest BCUT2D eigenvalue weighted by Gasteiger charge is -2.14. The number of hydrogen-bond donors (Lipinski definition) is 2. The van der Waals surface area contributed by atoms with E-state index in [2.05, 4.69) is 0 Å². The number of hydrogen-bond acceptors (Lipinski definition) is 4. The van der Waals surface area contributed by atoms with E-state index in [1.165, 1.54) is 7.11 Å². The maximum absolute atomic E-state index is 11.9. The van der Waals surface area contributed by atoms with Crippen LogP contribution >= 0.6 is 0 Å². The minimum atomic E-state index is -0.378. The molecule has 0 saturated carbocycles. The standard InChI is InChI=1S/C25H20N2O2/c1-29-25(28)18-12-11-17-15-23(26)22(14-19(17)13-18)20-9-5-6-10-21(20)24(27)16-7-3-2-4-8-16/h2-15,27H,26H2,1H3. The average Bonchev–Trinajstić information content (AvgIpc) is 2.78. The van der Waals surface area contributed by atoms with Crippen molar-refractivity contribution in [1.29, 1.82) is 5.41 Å². The fraction of sp³-hybridized carbons (Fsp3) is 0.0400. The normalized spacial score (nSPS) is 10.7. The molecule has 29 heavy (non-hydrogen) atoms. The van der Waals surface area contributed by atoms with Crippen molar-refractivity contribution in [2.45, 2.75) is 0 Å². The monoisotopic (exact) mass is 380 g/mol. The molecule has 4 nitrogen and oxygen atoms in total. The van der Waals surface area contributed by atoms with E-state index in [4.69, 9.17) is 15.9 Å². The molecule has 0 atom stereocenters. The number of nitrogens with two attached hydrogens (primary N) is 1. The third kappa shape index (κ3) is 3.48. The number of nitrogens with one attached hydrogen (secondary N) is 1. The quantitative estimate of drug-likeness (QED) is 0.287. The van der Waals surface area contributed by atoms with Gasteiger partial charge >= 0.3 is 5.97 Å². The fourth-order valence-electron chi connectivity index (χ4n) is 3.49. The summed E-state index contributed by atoms with van der Waals surface area (Å²) < 4.78 is 4.83. The van der Waals surface area contributed by atoms with Crippen molar-refractivity contribution in [3.63, 3.8) is 0 Å². The van der Waals surface area contributed by atoms with Crippen molar-refractivity contribution in [2.24, 2.45) is 0 Å². The van der Waals surface area contributed by atoms with Crippen LogP contribution in [0.3, 0.4) is 0 Å². The van der Waals surface area contributed by atoms with Gasteiger partial charge in [0.05, 0.1) is 18.4 Å². The molecule has 142 valence electrons. The van der Waals surface area contributed by atoms with Crippen LogP contribution in [0.25, 0.3) is 21.9 Å². The van der Waals surface area contributed by atoms with E-state index in [0.29, 0.717) is 17.0 Å². The van der Waals surface area contributed by atoms with Gasteiger partial charge in [0.2, 0.25) is 0 Å². The van der Waals surface area contributed by atoms with E-state index >= 15 is 0 Å². The van der Waals surface area contributed by atoms with Gasteiger partial charge in [-0.1, -0.05) is 60.7 Å². The molecule has 0 spiro atoms. The summed E-state index contributed by atoms with van der Waals surface area (Å²) in [4.78, 5) is 11.9. The second-order valence-electron chi connectivity index (χ2n) is 6.78. The second-order valence-corrected chi connectivity index (χ2v) is 6.78. The Hall–Kier alpha value is -3.92. The van der Waals surface area contributed by atoms with Gasteiger partial charge in [0.1, 0.15) is 0 Å². The zero-order chi connectivity index (χ0) is 20.4. The molecule has 0 radical (unpaired) electrons. The van der Waals surface area contributed by atoms with Gasteiger partial charge in [-0.05, 0) is 40.6 Å². The van der Waals surface area contributed by atoms with Crippen LogP contribution in [0.15, 0.2) is 84.9 Å². The lowest BCUT2D eigenvalue weighted by Crippen LogP contribution is -2.04. The molecule has 0 amide bonds. The fourth-order valence-corrected chi connectivity index (χ4v) is 3.49. The van der Waals surface area contributed by atoms with Gasteiger partial charge in [-0.25, -0.2) is 4.79 Å². The molecule has 4 heteroatoms. The predicted octanol–water partition coefficient (Wildman–Crippen LogP) is 5.29. The highest BCUT2D eigenvalue weighted by Gasteiger charge is 2.15. The maximum atomic E-state index is 11.9. The zero-order valence-electron chi connectivity index (χ0n) is 16.0. The molecular formula is C25H20N2O2. The van der Waals surface area contributed by atoms with Crippen LogP contribution in [-0.4, -0.2) is 18.8 Å². The molecule has 4 aromatic carbocycles. The van der Waals surface area contributed by atoms with E-state index in [1.807, 2.05) is 72.8 Å². The van der Waals surface area contributed by atoms with E-state index in [-0.39, 0.29) is 5.97 Å². The summed E-state index contributed by atoms with van der Waals surface area (Å²) >= 11 is 0. The molecule has 0 saturated heterocycles. The smallest absolute Gasteiger partial charge is 0.337 e. The molecule has 4 rings (SSSR count). The van der Waals surface area contributed by atoms with Crippen molar-refractivity contribution < 1.29 is 9.53 Å². The number of ether oxygens (including phenoxy) is 1. The molecule has 0 aliphatic rings. The van der Waals surface area contributed by atoms with Gasteiger partial charge in [-0.2, -0.15) is 0 Å². The van der Waals surface area contributed by atoms with E-state index in [1.54, 1.807) is 12.1 Å². The highest BCUT2D eigenvalue weighted by molar-refractivity contribution is 6.15. The molecule has 0 aromatic heterocycles. The average molecular weight is 380 g/mol. The highest BCUT2D eigenvalue weighted by Crippen LogP contribution is 2.34. The third-order valence-corrected chi connectivity index (χ3v) is 4.98. The van der Waals surface area contributed by atoms with Gasteiger partial charge in [0.25, 0.3) is 0 Å². The van der Waals surface area contributed by atoms with Crippen LogP contribution in [0, 0.1) is 5.41 Å². The Labute approximate surface area is 169 Å². The van der Waals surface area contributed by atoms with Gasteiger partial charge in [0, 0.05) is 22.4 Å². The molecule has 0 aliphatic heterocycles. The largest absolute Gasteiger partial charge is 0.465 e. The minimum Gasteiger partial charge on any atom is -0.465 e. The Balaban J connectivity index is 1.88. The third-order valence-electron chi connectivity index (χ3n) is 4.98. The summed E-state index contributed by atoms with van der Waals surface area (Å²) in [5.41, 5.74) is 11.3. The lowest BCUT2D eigenvalue weighted by atomic mass is 9.91. The van der Waals surface area contributed by atoms with E-state index in [0.717, 1.165) is 33.0 Å². The van der Waals surface area contributed by atoms with Crippen molar-refractivity contribution in [1.82, 2.24) is 0 Å². The number of anilines is 1. The van der Waals surface area contributed by atoms with Gasteiger partial charge < -0.3 is 10.5 Å². The minimum absolute atomic E-state index is 0.378. The van der Waals surface area contributed by atoms with Gasteiger partial charge in [-0.15, -0.1) is 0 Å². The Kier molecular flexibility index (Phi) is 4.83. The number of methoxy groups -OCH3 is 1. The van der Waals surface area contributed by atoms with Crippen LogP contribution < -0.4 is 5.73 Å². The number of benzene rings is 4. The van der Waals surface area contributed by atoms with Crippen LogP contribution in [-0.2, 0) is 4.74 Å². The van der Waals surface area contributed by atoms with Crippen LogP contribution in [0.1, 0.15) is 21.5 Å². The van der Waals surface area contributed by atoms with Crippen molar-refractivity contribution >= 4 is 28.1 Å². The van der Waals surface area contributed by atoms with Crippen LogP contribution in [0.2, 0.25) is 0 Å².